The number of hydrogen-bond donors (Lipinski definition) is 1. The zero-order valence-electron chi connectivity index (χ0n) is 13.8. The third-order valence-corrected chi connectivity index (χ3v) is 5.05. The van der Waals surface area contributed by atoms with Crippen LogP contribution in [0.3, 0.4) is 0 Å². The summed E-state index contributed by atoms with van der Waals surface area (Å²) < 4.78 is 8.07. The lowest BCUT2D eigenvalue weighted by atomic mass is 9.73. The molecule has 1 aliphatic rings. The topological polar surface area (TPSA) is 39.1 Å². The van der Waals surface area contributed by atoms with Crippen LogP contribution in [-0.4, -0.2) is 29.5 Å². The summed E-state index contributed by atoms with van der Waals surface area (Å²) in [4.78, 5) is 0. The maximum Gasteiger partial charge on any atom is 0.0890 e. The fraction of sp³-hybridized carbons (Fsp3) is 0.812. The van der Waals surface area contributed by atoms with E-state index in [4.69, 9.17) is 16.3 Å². The number of ether oxygens (including phenoxy) is 1. The van der Waals surface area contributed by atoms with Crippen molar-refractivity contribution in [2.45, 2.75) is 64.1 Å². The Morgan fingerprint density at radius 3 is 2.76 bits per heavy atom. The number of methoxy groups -OCH3 is 1. The van der Waals surface area contributed by atoms with Gasteiger partial charge < -0.3 is 10.1 Å². The first kappa shape index (κ1) is 16.8. The predicted octanol–water partition coefficient (Wildman–Crippen LogP) is 3.97. The molecule has 21 heavy (non-hydrogen) atoms. The predicted molar refractivity (Wildman–Crippen MR) is 86.8 cm³/mol. The zero-order valence-corrected chi connectivity index (χ0v) is 14.6. The monoisotopic (exact) mass is 313 g/mol. The van der Waals surface area contributed by atoms with Crippen LogP contribution in [0.5, 0.6) is 0 Å². The first-order valence-corrected chi connectivity index (χ1v) is 8.28. The van der Waals surface area contributed by atoms with Gasteiger partial charge in [0.1, 0.15) is 0 Å². The molecular formula is C16H28ClN3O. The molecule has 1 fully saturated rings. The second kappa shape index (κ2) is 6.67. The van der Waals surface area contributed by atoms with E-state index in [1.54, 1.807) is 6.20 Å². The minimum absolute atomic E-state index is 0.0580. The van der Waals surface area contributed by atoms with Gasteiger partial charge in [-0.3, -0.25) is 4.68 Å². The van der Waals surface area contributed by atoms with Crippen LogP contribution in [0.1, 0.15) is 64.2 Å². The zero-order chi connectivity index (χ0) is 15.6. The Kier molecular flexibility index (Phi) is 5.33. The lowest BCUT2D eigenvalue weighted by molar-refractivity contribution is -0.0809. The third kappa shape index (κ3) is 3.13. The first-order valence-electron chi connectivity index (χ1n) is 7.90. The maximum absolute atomic E-state index is 6.46. The number of halogens is 1. The molecule has 120 valence electrons. The second-order valence-electron chi connectivity index (χ2n) is 6.61. The average Bonchev–Trinajstić information content (AvgIpc) is 2.82. The summed E-state index contributed by atoms with van der Waals surface area (Å²) in [6.45, 7) is 6.56. The fourth-order valence-electron chi connectivity index (χ4n) is 3.79. The fourth-order valence-corrected chi connectivity index (χ4v) is 4.03. The van der Waals surface area contributed by atoms with Crippen LogP contribution in [0.25, 0.3) is 0 Å². The van der Waals surface area contributed by atoms with E-state index in [1.807, 2.05) is 18.8 Å². The molecule has 4 nitrogen and oxygen atoms in total. The van der Waals surface area contributed by atoms with Crippen molar-refractivity contribution >= 4 is 11.6 Å². The van der Waals surface area contributed by atoms with E-state index in [-0.39, 0.29) is 17.7 Å². The normalized spacial score (nSPS) is 28.0. The van der Waals surface area contributed by atoms with Crippen molar-refractivity contribution in [3.05, 3.63) is 16.9 Å². The molecule has 1 N–H and O–H groups in total. The van der Waals surface area contributed by atoms with Gasteiger partial charge in [-0.05, 0) is 39.7 Å². The van der Waals surface area contributed by atoms with Crippen LogP contribution < -0.4 is 5.32 Å². The van der Waals surface area contributed by atoms with Crippen LogP contribution >= 0.6 is 11.6 Å². The van der Waals surface area contributed by atoms with E-state index in [0.29, 0.717) is 5.92 Å². The van der Waals surface area contributed by atoms with Crippen molar-refractivity contribution in [2.24, 2.45) is 5.92 Å². The van der Waals surface area contributed by atoms with Gasteiger partial charge in [-0.15, -0.1) is 0 Å². The SMILES string of the molecule is CNC(c1c(Cl)cnn1C(C)C)C1(OC)CCCC(C)C1. The van der Waals surface area contributed by atoms with E-state index < -0.39 is 0 Å². The van der Waals surface area contributed by atoms with Crippen molar-refractivity contribution in [2.75, 3.05) is 14.2 Å². The quantitative estimate of drug-likeness (QED) is 0.894. The van der Waals surface area contributed by atoms with Crippen molar-refractivity contribution < 1.29 is 4.74 Å². The highest BCUT2D eigenvalue weighted by molar-refractivity contribution is 6.31. The largest absolute Gasteiger partial charge is 0.376 e. The first-order chi connectivity index (χ1) is 9.95. The minimum atomic E-state index is -0.206. The second-order valence-corrected chi connectivity index (χ2v) is 7.02. The van der Waals surface area contributed by atoms with E-state index >= 15 is 0 Å². The van der Waals surface area contributed by atoms with Crippen LogP contribution in [-0.2, 0) is 4.74 Å². The summed E-state index contributed by atoms with van der Waals surface area (Å²) in [7, 11) is 3.81. The molecule has 0 aromatic carbocycles. The van der Waals surface area contributed by atoms with Gasteiger partial charge in [-0.2, -0.15) is 5.10 Å². The Balaban J connectivity index is 2.45. The van der Waals surface area contributed by atoms with Gasteiger partial charge in [0, 0.05) is 13.2 Å². The Hall–Kier alpha value is -0.580. The Labute approximate surface area is 133 Å². The highest BCUT2D eigenvalue weighted by Crippen LogP contribution is 2.44. The molecule has 2 rings (SSSR count). The van der Waals surface area contributed by atoms with Gasteiger partial charge in [0.05, 0.1) is 28.6 Å². The van der Waals surface area contributed by atoms with Gasteiger partial charge in [-0.1, -0.05) is 31.4 Å². The molecule has 0 spiro atoms. The van der Waals surface area contributed by atoms with Crippen LogP contribution in [0.15, 0.2) is 6.20 Å². The van der Waals surface area contributed by atoms with Crippen molar-refractivity contribution in [3.8, 4) is 0 Å². The number of aromatic nitrogens is 2. The number of hydrogen-bond acceptors (Lipinski definition) is 3. The van der Waals surface area contributed by atoms with E-state index in [2.05, 4.69) is 31.2 Å². The van der Waals surface area contributed by atoms with E-state index in [1.165, 1.54) is 12.8 Å². The van der Waals surface area contributed by atoms with Crippen LogP contribution in [0.2, 0.25) is 5.02 Å². The highest BCUT2D eigenvalue weighted by atomic mass is 35.5. The molecule has 1 aliphatic carbocycles. The molecule has 3 atom stereocenters. The summed E-state index contributed by atoms with van der Waals surface area (Å²) in [6, 6.07) is 0.334. The third-order valence-electron chi connectivity index (χ3n) is 4.76. The molecule has 1 aromatic rings. The molecule has 3 unspecified atom stereocenters. The smallest absolute Gasteiger partial charge is 0.0890 e. The number of nitrogens with one attached hydrogen (secondary N) is 1. The molecule has 0 saturated heterocycles. The van der Waals surface area contributed by atoms with Gasteiger partial charge in [-0.25, -0.2) is 0 Å². The van der Waals surface area contributed by atoms with E-state index in [9.17, 15) is 0 Å². The molecule has 0 amide bonds. The Morgan fingerprint density at radius 2 is 2.24 bits per heavy atom. The number of rotatable bonds is 5. The molecule has 0 bridgehead atoms. The summed E-state index contributed by atoms with van der Waals surface area (Å²) in [6.07, 6.45) is 6.32. The standard InChI is InChI=1S/C16H28ClN3O/c1-11(2)20-14(13(17)10-19-20)15(18-4)16(21-5)8-6-7-12(3)9-16/h10-12,15,18H,6-9H2,1-5H3. The van der Waals surface area contributed by atoms with Gasteiger partial charge in [0.15, 0.2) is 0 Å². The molecule has 1 heterocycles. The number of likely N-dealkylation sites (N-methyl/N-ethyl adjacent to an activating group) is 1. The molecule has 1 saturated carbocycles. The molecule has 1 aromatic heterocycles. The van der Waals surface area contributed by atoms with Crippen molar-refractivity contribution in [1.82, 2.24) is 15.1 Å². The number of nitrogens with zero attached hydrogens (tertiary/aromatic N) is 2. The molecule has 5 heteroatoms. The maximum atomic E-state index is 6.46. The average molecular weight is 314 g/mol. The van der Waals surface area contributed by atoms with Gasteiger partial charge >= 0.3 is 0 Å². The summed E-state index contributed by atoms with van der Waals surface area (Å²) >= 11 is 6.46. The summed E-state index contributed by atoms with van der Waals surface area (Å²) in [5.41, 5.74) is 0.841. The molecular weight excluding hydrogens is 286 g/mol. The lowest BCUT2D eigenvalue weighted by Crippen LogP contribution is -2.48. The highest BCUT2D eigenvalue weighted by Gasteiger charge is 2.44. The van der Waals surface area contributed by atoms with Gasteiger partial charge in [0.25, 0.3) is 0 Å². The van der Waals surface area contributed by atoms with Crippen LogP contribution in [0, 0.1) is 5.92 Å². The molecule has 0 aliphatic heterocycles. The Bertz CT molecular complexity index is 474. The van der Waals surface area contributed by atoms with Crippen molar-refractivity contribution in [3.63, 3.8) is 0 Å². The van der Waals surface area contributed by atoms with Crippen molar-refractivity contribution in [1.29, 1.82) is 0 Å². The molecule has 0 radical (unpaired) electrons. The van der Waals surface area contributed by atoms with Crippen LogP contribution in [0.4, 0.5) is 0 Å². The van der Waals surface area contributed by atoms with Gasteiger partial charge in [0.2, 0.25) is 0 Å². The summed E-state index contributed by atoms with van der Waals surface area (Å²) in [5.74, 6) is 0.670. The summed E-state index contributed by atoms with van der Waals surface area (Å²) in [5, 5.41) is 8.62. The van der Waals surface area contributed by atoms with E-state index in [0.717, 1.165) is 23.6 Å². The minimum Gasteiger partial charge on any atom is -0.376 e. The lowest BCUT2D eigenvalue weighted by Gasteiger charge is -2.44. The Morgan fingerprint density at radius 1 is 1.52 bits per heavy atom.